The second-order valence-electron chi connectivity index (χ2n) is 5.18. The molecule has 0 fully saturated rings. The molecule has 106 valence electrons. The number of benzene rings is 1. The molecule has 1 N–H and O–H groups in total. The first kappa shape index (κ1) is 15.2. The zero-order valence-electron chi connectivity index (χ0n) is 12.3. The normalized spacial score (nSPS) is 12.4. The lowest BCUT2D eigenvalue weighted by Crippen LogP contribution is -2.24. The zero-order chi connectivity index (χ0) is 14.5. The molecule has 0 spiro atoms. The highest BCUT2D eigenvalue weighted by Gasteiger charge is 2.16. The van der Waals surface area contributed by atoms with E-state index in [1.54, 1.807) is 0 Å². The molecule has 2 nitrogen and oxygen atoms in total. The monoisotopic (exact) mass is 332 g/mol. The average Bonchev–Trinajstić information content (AvgIpc) is 2.40. The molecule has 0 aliphatic heterocycles. The van der Waals surface area contributed by atoms with Crippen molar-refractivity contribution in [1.29, 1.82) is 0 Å². The van der Waals surface area contributed by atoms with E-state index in [1.165, 1.54) is 22.3 Å². The molecule has 0 radical (unpaired) electrons. The highest BCUT2D eigenvalue weighted by molar-refractivity contribution is 9.10. The Kier molecular flexibility index (Phi) is 5.32. The maximum absolute atomic E-state index is 4.29. The third-order valence-corrected chi connectivity index (χ3v) is 3.84. The minimum Gasteiger partial charge on any atom is -0.306 e. The van der Waals surface area contributed by atoms with Gasteiger partial charge in [0, 0.05) is 16.9 Å². The summed E-state index contributed by atoms with van der Waals surface area (Å²) in [4.78, 5) is 4.29. The number of pyridine rings is 1. The van der Waals surface area contributed by atoms with Gasteiger partial charge in [-0.3, -0.25) is 4.98 Å². The van der Waals surface area contributed by atoms with Crippen LogP contribution in [0.5, 0.6) is 0 Å². The molecular weight excluding hydrogens is 312 g/mol. The largest absolute Gasteiger partial charge is 0.306 e. The molecule has 0 bridgehead atoms. The van der Waals surface area contributed by atoms with Crippen molar-refractivity contribution < 1.29 is 0 Å². The van der Waals surface area contributed by atoms with E-state index in [-0.39, 0.29) is 6.04 Å². The molecule has 3 heteroatoms. The summed E-state index contributed by atoms with van der Waals surface area (Å²) in [5, 5.41) is 3.64. The number of nitrogens with one attached hydrogen (secondary N) is 1. The van der Waals surface area contributed by atoms with Gasteiger partial charge in [-0.15, -0.1) is 0 Å². The van der Waals surface area contributed by atoms with Crippen LogP contribution in [0, 0.1) is 13.8 Å². The van der Waals surface area contributed by atoms with Crippen LogP contribution in [0.15, 0.2) is 41.1 Å². The van der Waals surface area contributed by atoms with Crippen molar-refractivity contribution in [1.82, 2.24) is 10.3 Å². The van der Waals surface area contributed by atoms with E-state index < -0.39 is 0 Å². The van der Waals surface area contributed by atoms with E-state index in [0.29, 0.717) is 0 Å². The summed E-state index contributed by atoms with van der Waals surface area (Å²) >= 11 is 3.60. The summed E-state index contributed by atoms with van der Waals surface area (Å²) < 4.78 is 1.12. The van der Waals surface area contributed by atoms with Gasteiger partial charge in [0.2, 0.25) is 0 Å². The van der Waals surface area contributed by atoms with Crippen LogP contribution in [0.3, 0.4) is 0 Å². The predicted octanol–water partition coefficient (Wildman–Crippen LogP) is 4.55. The van der Waals surface area contributed by atoms with E-state index in [0.717, 1.165) is 17.4 Å². The van der Waals surface area contributed by atoms with Crippen molar-refractivity contribution in [3.63, 3.8) is 0 Å². The molecule has 1 atom stereocenters. The van der Waals surface area contributed by atoms with Gasteiger partial charge in [0.25, 0.3) is 0 Å². The van der Waals surface area contributed by atoms with E-state index in [9.17, 15) is 0 Å². The highest BCUT2D eigenvalue weighted by atomic mass is 79.9. The summed E-state index contributed by atoms with van der Waals surface area (Å²) in [5.74, 6) is 0. The van der Waals surface area contributed by atoms with Crippen LogP contribution < -0.4 is 5.32 Å². The van der Waals surface area contributed by atoms with Crippen molar-refractivity contribution in [2.75, 3.05) is 6.54 Å². The lowest BCUT2D eigenvalue weighted by atomic mass is 9.95. The minimum atomic E-state index is 0.194. The van der Waals surface area contributed by atoms with Crippen molar-refractivity contribution in [2.24, 2.45) is 0 Å². The molecule has 20 heavy (non-hydrogen) atoms. The van der Waals surface area contributed by atoms with Crippen LogP contribution in [-0.2, 0) is 0 Å². The van der Waals surface area contributed by atoms with Crippen LogP contribution >= 0.6 is 15.9 Å². The summed E-state index contributed by atoms with van der Waals surface area (Å²) in [6, 6.07) is 8.83. The Labute approximate surface area is 129 Å². The Hall–Kier alpha value is -1.19. The fourth-order valence-electron chi connectivity index (χ4n) is 2.41. The Morgan fingerprint density at radius 2 is 2.05 bits per heavy atom. The van der Waals surface area contributed by atoms with Gasteiger partial charge in [0.15, 0.2) is 0 Å². The number of aryl methyl sites for hydroxylation is 2. The smallest absolute Gasteiger partial charge is 0.0595 e. The Morgan fingerprint density at radius 3 is 2.70 bits per heavy atom. The molecule has 1 heterocycles. The summed E-state index contributed by atoms with van der Waals surface area (Å²) in [6.07, 6.45) is 4.93. The third-order valence-electron chi connectivity index (χ3n) is 3.39. The number of rotatable bonds is 5. The van der Waals surface area contributed by atoms with Crippen LogP contribution in [0.25, 0.3) is 0 Å². The molecule has 0 saturated heterocycles. The van der Waals surface area contributed by atoms with E-state index in [1.807, 2.05) is 12.4 Å². The SMILES string of the molecule is CCCNC(c1cc(C)cc(Br)c1)c1cnccc1C. The van der Waals surface area contributed by atoms with Gasteiger partial charge in [-0.25, -0.2) is 0 Å². The Balaban J connectivity index is 2.44. The topological polar surface area (TPSA) is 24.9 Å². The Morgan fingerprint density at radius 1 is 1.25 bits per heavy atom. The van der Waals surface area contributed by atoms with E-state index >= 15 is 0 Å². The van der Waals surface area contributed by atoms with Gasteiger partial charge in [-0.2, -0.15) is 0 Å². The van der Waals surface area contributed by atoms with Crippen LogP contribution in [0.2, 0.25) is 0 Å². The molecule has 0 aliphatic carbocycles. The van der Waals surface area contributed by atoms with E-state index in [4.69, 9.17) is 0 Å². The first-order valence-electron chi connectivity index (χ1n) is 7.02. The number of hydrogen-bond donors (Lipinski definition) is 1. The summed E-state index contributed by atoms with van der Waals surface area (Å²) in [7, 11) is 0. The molecule has 2 aromatic rings. The van der Waals surface area contributed by atoms with Gasteiger partial charge in [-0.05, 0) is 67.3 Å². The van der Waals surface area contributed by atoms with Gasteiger partial charge < -0.3 is 5.32 Å². The van der Waals surface area contributed by atoms with Crippen molar-refractivity contribution in [3.05, 3.63) is 63.4 Å². The van der Waals surface area contributed by atoms with Gasteiger partial charge in [-0.1, -0.05) is 28.9 Å². The number of nitrogens with zero attached hydrogens (tertiary/aromatic N) is 1. The first-order valence-corrected chi connectivity index (χ1v) is 7.82. The number of hydrogen-bond acceptors (Lipinski definition) is 2. The van der Waals surface area contributed by atoms with Crippen LogP contribution in [0.4, 0.5) is 0 Å². The van der Waals surface area contributed by atoms with Gasteiger partial charge >= 0.3 is 0 Å². The molecular formula is C17H21BrN2. The zero-order valence-corrected chi connectivity index (χ0v) is 13.9. The van der Waals surface area contributed by atoms with Crippen molar-refractivity contribution >= 4 is 15.9 Å². The Bertz CT molecular complexity index is 561. The van der Waals surface area contributed by atoms with Crippen molar-refractivity contribution in [2.45, 2.75) is 33.2 Å². The molecule has 1 aromatic carbocycles. The lowest BCUT2D eigenvalue weighted by molar-refractivity contribution is 0.594. The fourth-order valence-corrected chi connectivity index (χ4v) is 3.03. The van der Waals surface area contributed by atoms with Crippen LogP contribution in [-0.4, -0.2) is 11.5 Å². The number of halogens is 1. The molecule has 1 aromatic heterocycles. The maximum Gasteiger partial charge on any atom is 0.0595 e. The average molecular weight is 333 g/mol. The first-order chi connectivity index (χ1) is 9.61. The van der Waals surface area contributed by atoms with Crippen LogP contribution in [0.1, 0.15) is 41.6 Å². The maximum atomic E-state index is 4.29. The second-order valence-corrected chi connectivity index (χ2v) is 6.10. The molecule has 2 rings (SSSR count). The fraction of sp³-hybridized carbons (Fsp3) is 0.353. The quantitative estimate of drug-likeness (QED) is 0.868. The minimum absolute atomic E-state index is 0.194. The van der Waals surface area contributed by atoms with Crippen molar-refractivity contribution in [3.8, 4) is 0 Å². The standard InChI is InChI=1S/C17H21BrN2/c1-4-6-20-17(16-11-19-7-5-13(16)3)14-8-12(2)9-15(18)10-14/h5,7-11,17,20H,4,6H2,1-3H3. The highest BCUT2D eigenvalue weighted by Crippen LogP contribution is 2.27. The summed E-state index contributed by atoms with van der Waals surface area (Å²) in [6.45, 7) is 7.45. The molecule has 0 amide bonds. The molecule has 0 aliphatic rings. The lowest BCUT2D eigenvalue weighted by Gasteiger charge is -2.21. The summed E-state index contributed by atoms with van der Waals surface area (Å²) in [5.41, 5.74) is 5.06. The second kappa shape index (κ2) is 7.00. The molecule has 1 unspecified atom stereocenters. The predicted molar refractivity (Wildman–Crippen MR) is 88.0 cm³/mol. The van der Waals surface area contributed by atoms with Gasteiger partial charge in [0.05, 0.1) is 6.04 Å². The van der Waals surface area contributed by atoms with E-state index in [2.05, 4.69) is 71.3 Å². The third kappa shape index (κ3) is 3.68. The number of aromatic nitrogens is 1. The van der Waals surface area contributed by atoms with Gasteiger partial charge in [0.1, 0.15) is 0 Å². The molecule has 0 saturated carbocycles.